The minimum absolute atomic E-state index is 0.334. The summed E-state index contributed by atoms with van der Waals surface area (Å²) in [5.74, 6) is 0.655. The number of hydrogen-bond acceptors (Lipinski definition) is 3. The highest BCUT2D eigenvalue weighted by Gasteiger charge is 2.43. The molecule has 0 saturated heterocycles. The second-order valence-corrected chi connectivity index (χ2v) is 6.75. The molecule has 1 fully saturated rings. The lowest BCUT2D eigenvalue weighted by atomic mass is 9.71. The maximum absolute atomic E-state index is 5.31. The van der Waals surface area contributed by atoms with Crippen LogP contribution in [0.1, 0.15) is 58.8 Å². The van der Waals surface area contributed by atoms with Gasteiger partial charge in [0.25, 0.3) is 0 Å². The van der Waals surface area contributed by atoms with Crippen molar-refractivity contribution in [3.05, 3.63) is 0 Å². The van der Waals surface area contributed by atoms with Crippen LogP contribution in [0.3, 0.4) is 0 Å². The zero-order chi connectivity index (χ0) is 15.0. The van der Waals surface area contributed by atoms with Crippen LogP contribution in [0, 0.1) is 5.92 Å². The van der Waals surface area contributed by atoms with E-state index in [0.29, 0.717) is 17.5 Å². The largest absolute Gasteiger partial charge is 0.385 e. The summed E-state index contributed by atoms with van der Waals surface area (Å²) >= 11 is 0. The highest BCUT2D eigenvalue weighted by atomic mass is 16.5. The lowest BCUT2D eigenvalue weighted by Crippen LogP contribution is -2.62. The third-order valence-corrected chi connectivity index (χ3v) is 5.15. The van der Waals surface area contributed by atoms with E-state index in [0.717, 1.165) is 19.6 Å². The molecule has 0 heterocycles. The molecule has 20 heavy (non-hydrogen) atoms. The fourth-order valence-electron chi connectivity index (χ4n) is 3.89. The first kappa shape index (κ1) is 17.9. The van der Waals surface area contributed by atoms with Crippen LogP contribution in [0.4, 0.5) is 0 Å². The number of methoxy groups -OCH3 is 1. The molecule has 0 aromatic rings. The third-order valence-electron chi connectivity index (χ3n) is 5.15. The summed E-state index contributed by atoms with van der Waals surface area (Å²) in [6.45, 7) is 6.64. The van der Waals surface area contributed by atoms with Gasteiger partial charge in [-0.05, 0) is 52.2 Å². The Morgan fingerprint density at radius 3 is 2.35 bits per heavy atom. The van der Waals surface area contributed by atoms with Gasteiger partial charge in [0.2, 0.25) is 0 Å². The van der Waals surface area contributed by atoms with Gasteiger partial charge in [-0.3, -0.25) is 0 Å². The summed E-state index contributed by atoms with van der Waals surface area (Å²) in [5.41, 5.74) is 0.334. The monoisotopic (exact) mass is 284 g/mol. The van der Waals surface area contributed by atoms with Gasteiger partial charge in [-0.15, -0.1) is 0 Å². The van der Waals surface area contributed by atoms with Crippen molar-refractivity contribution in [2.24, 2.45) is 5.92 Å². The normalized spacial score (nSPS) is 21.9. The molecule has 0 aliphatic heterocycles. The highest BCUT2D eigenvalue weighted by molar-refractivity contribution is 5.02. The van der Waals surface area contributed by atoms with Gasteiger partial charge >= 0.3 is 0 Å². The molecule has 0 bridgehead atoms. The Morgan fingerprint density at radius 1 is 1.20 bits per heavy atom. The maximum Gasteiger partial charge on any atom is 0.0465 e. The number of nitrogens with one attached hydrogen (secondary N) is 1. The Bertz CT molecular complexity index is 249. The van der Waals surface area contributed by atoms with Crippen LogP contribution in [-0.2, 0) is 4.74 Å². The molecule has 2 unspecified atom stereocenters. The lowest BCUT2D eigenvalue weighted by Gasteiger charge is -2.51. The molecule has 1 saturated carbocycles. The van der Waals surface area contributed by atoms with Crippen LogP contribution in [0.15, 0.2) is 0 Å². The molecule has 0 aromatic heterocycles. The van der Waals surface area contributed by atoms with Gasteiger partial charge in [0.15, 0.2) is 0 Å². The summed E-state index contributed by atoms with van der Waals surface area (Å²) in [4.78, 5) is 2.50. The van der Waals surface area contributed by atoms with Crippen molar-refractivity contribution >= 4 is 0 Å². The zero-order valence-corrected chi connectivity index (χ0v) is 14.4. The van der Waals surface area contributed by atoms with E-state index < -0.39 is 0 Å². The van der Waals surface area contributed by atoms with Gasteiger partial charge in [0.05, 0.1) is 0 Å². The van der Waals surface area contributed by atoms with Crippen LogP contribution in [0.5, 0.6) is 0 Å². The van der Waals surface area contributed by atoms with E-state index >= 15 is 0 Å². The number of rotatable bonds is 9. The second kappa shape index (κ2) is 9.01. The molecule has 1 N–H and O–H groups in total. The Morgan fingerprint density at radius 2 is 1.85 bits per heavy atom. The third kappa shape index (κ3) is 4.44. The van der Waals surface area contributed by atoms with Gasteiger partial charge < -0.3 is 15.0 Å². The smallest absolute Gasteiger partial charge is 0.0465 e. The van der Waals surface area contributed by atoms with Crippen molar-refractivity contribution in [1.82, 2.24) is 10.2 Å². The van der Waals surface area contributed by atoms with Crippen molar-refractivity contribution in [2.75, 3.05) is 34.4 Å². The fraction of sp³-hybridized carbons (Fsp3) is 1.00. The molecular formula is C17H36N2O. The molecule has 3 heteroatoms. The van der Waals surface area contributed by atoms with Gasteiger partial charge in [0, 0.05) is 25.3 Å². The SMILES string of the molecule is CCCNC(C(C)CCOC)C1(N(C)C)CCCCC1. The first-order valence-electron chi connectivity index (χ1n) is 8.48. The van der Waals surface area contributed by atoms with Crippen molar-refractivity contribution in [3.8, 4) is 0 Å². The van der Waals surface area contributed by atoms with Gasteiger partial charge in [-0.25, -0.2) is 0 Å². The average molecular weight is 284 g/mol. The molecule has 0 spiro atoms. The minimum atomic E-state index is 0.334. The van der Waals surface area contributed by atoms with Crippen LogP contribution in [0.2, 0.25) is 0 Å². The summed E-state index contributed by atoms with van der Waals surface area (Å²) < 4.78 is 5.31. The van der Waals surface area contributed by atoms with Gasteiger partial charge in [-0.2, -0.15) is 0 Å². The Hall–Kier alpha value is -0.120. The first-order chi connectivity index (χ1) is 9.58. The average Bonchev–Trinajstić information content (AvgIpc) is 2.46. The second-order valence-electron chi connectivity index (χ2n) is 6.75. The minimum Gasteiger partial charge on any atom is -0.385 e. The van der Waals surface area contributed by atoms with E-state index in [9.17, 15) is 0 Å². The molecule has 1 aliphatic carbocycles. The fourth-order valence-corrected chi connectivity index (χ4v) is 3.89. The van der Waals surface area contributed by atoms with Crippen LogP contribution < -0.4 is 5.32 Å². The van der Waals surface area contributed by atoms with Crippen LogP contribution >= 0.6 is 0 Å². The molecule has 1 rings (SSSR count). The number of hydrogen-bond donors (Lipinski definition) is 1. The van der Waals surface area contributed by atoms with E-state index in [4.69, 9.17) is 4.74 Å². The summed E-state index contributed by atoms with van der Waals surface area (Å²) in [5, 5.41) is 3.87. The molecule has 0 aromatic carbocycles. The van der Waals surface area contributed by atoms with Crippen molar-refractivity contribution in [3.63, 3.8) is 0 Å². The van der Waals surface area contributed by atoms with E-state index in [1.54, 1.807) is 0 Å². The molecular weight excluding hydrogens is 248 g/mol. The van der Waals surface area contributed by atoms with Crippen molar-refractivity contribution in [1.29, 1.82) is 0 Å². The Labute approximate surface area is 126 Å². The number of ether oxygens (including phenoxy) is 1. The van der Waals surface area contributed by atoms with Crippen molar-refractivity contribution < 1.29 is 4.74 Å². The molecule has 1 aliphatic rings. The number of nitrogens with zero attached hydrogens (tertiary/aromatic N) is 1. The van der Waals surface area contributed by atoms with Crippen molar-refractivity contribution in [2.45, 2.75) is 70.4 Å². The number of likely N-dealkylation sites (N-methyl/N-ethyl adjacent to an activating group) is 1. The topological polar surface area (TPSA) is 24.5 Å². The Balaban J connectivity index is 2.85. The lowest BCUT2D eigenvalue weighted by molar-refractivity contribution is 0.0285. The molecule has 0 radical (unpaired) electrons. The van der Waals surface area contributed by atoms with Crippen LogP contribution in [0.25, 0.3) is 0 Å². The molecule has 0 amide bonds. The summed E-state index contributed by atoms with van der Waals surface area (Å²) in [6, 6.07) is 0.577. The van der Waals surface area contributed by atoms with Crippen LogP contribution in [-0.4, -0.2) is 50.8 Å². The maximum atomic E-state index is 5.31. The van der Waals surface area contributed by atoms with Gasteiger partial charge in [-0.1, -0.05) is 33.1 Å². The first-order valence-corrected chi connectivity index (χ1v) is 8.48. The van der Waals surface area contributed by atoms with E-state index in [1.165, 1.54) is 38.5 Å². The predicted molar refractivity (Wildman–Crippen MR) is 87.2 cm³/mol. The van der Waals surface area contributed by atoms with E-state index in [-0.39, 0.29) is 0 Å². The standard InChI is InChI=1S/C17H36N2O/c1-6-13-18-16(15(2)10-14-20-5)17(19(3)4)11-8-7-9-12-17/h15-16,18H,6-14H2,1-5H3. The molecule has 3 nitrogen and oxygen atoms in total. The Kier molecular flexibility index (Phi) is 8.08. The summed E-state index contributed by atoms with van der Waals surface area (Å²) in [7, 11) is 6.35. The molecule has 120 valence electrons. The quantitative estimate of drug-likeness (QED) is 0.703. The summed E-state index contributed by atoms with van der Waals surface area (Å²) in [6.07, 6.45) is 9.17. The zero-order valence-electron chi connectivity index (χ0n) is 14.4. The predicted octanol–water partition coefficient (Wildman–Crippen LogP) is 3.29. The van der Waals surface area contributed by atoms with E-state index in [2.05, 4.69) is 38.2 Å². The van der Waals surface area contributed by atoms with E-state index in [1.807, 2.05) is 7.11 Å². The molecule has 2 atom stereocenters. The highest BCUT2D eigenvalue weighted by Crippen LogP contribution is 2.38. The van der Waals surface area contributed by atoms with Gasteiger partial charge in [0.1, 0.15) is 0 Å².